The number of carbonyl (C=O) groups is 2. The SMILES string of the molecule is CC(=O)NCc1ccc(C(=O)OC(C)(C)C)cc1. The van der Waals surface area contributed by atoms with E-state index in [1.807, 2.05) is 20.8 Å². The second kappa shape index (κ2) is 5.67. The van der Waals surface area contributed by atoms with Crippen LogP contribution in [0.25, 0.3) is 0 Å². The van der Waals surface area contributed by atoms with Crippen molar-refractivity contribution in [2.24, 2.45) is 0 Å². The number of hydrogen-bond acceptors (Lipinski definition) is 3. The standard InChI is InChI=1S/C14H19NO3/c1-10(16)15-9-11-5-7-12(8-6-11)13(17)18-14(2,3)4/h5-8H,9H2,1-4H3,(H,15,16). The van der Waals surface area contributed by atoms with Crippen molar-refractivity contribution in [2.75, 3.05) is 0 Å². The second-order valence-electron chi connectivity index (χ2n) is 5.11. The van der Waals surface area contributed by atoms with E-state index in [4.69, 9.17) is 4.74 Å². The summed E-state index contributed by atoms with van der Waals surface area (Å²) in [6.45, 7) is 7.42. The third-order valence-corrected chi connectivity index (χ3v) is 2.13. The van der Waals surface area contributed by atoms with E-state index in [0.717, 1.165) is 5.56 Å². The van der Waals surface area contributed by atoms with Crippen LogP contribution in [0.15, 0.2) is 24.3 Å². The van der Waals surface area contributed by atoms with E-state index in [1.54, 1.807) is 24.3 Å². The van der Waals surface area contributed by atoms with Gasteiger partial charge in [-0.15, -0.1) is 0 Å². The van der Waals surface area contributed by atoms with Crippen molar-refractivity contribution in [2.45, 2.75) is 39.8 Å². The normalized spacial score (nSPS) is 10.9. The molecule has 1 aromatic carbocycles. The largest absolute Gasteiger partial charge is 0.456 e. The molecule has 4 heteroatoms. The summed E-state index contributed by atoms with van der Waals surface area (Å²) in [6, 6.07) is 7.00. The van der Waals surface area contributed by atoms with E-state index in [9.17, 15) is 9.59 Å². The van der Waals surface area contributed by atoms with Crippen LogP contribution in [-0.2, 0) is 16.1 Å². The molecular formula is C14H19NO3. The average molecular weight is 249 g/mol. The van der Waals surface area contributed by atoms with Gasteiger partial charge in [0.1, 0.15) is 5.60 Å². The molecule has 0 spiro atoms. The quantitative estimate of drug-likeness (QED) is 0.836. The van der Waals surface area contributed by atoms with Crippen molar-refractivity contribution in [1.29, 1.82) is 0 Å². The van der Waals surface area contributed by atoms with E-state index in [1.165, 1.54) is 6.92 Å². The van der Waals surface area contributed by atoms with Gasteiger partial charge in [-0.05, 0) is 38.5 Å². The Labute approximate surface area is 107 Å². The highest BCUT2D eigenvalue weighted by Gasteiger charge is 2.17. The van der Waals surface area contributed by atoms with Crippen LogP contribution in [-0.4, -0.2) is 17.5 Å². The Kier molecular flexibility index (Phi) is 4.48. The number of esters is 1. The smallest absolute Gasteiger partial charge is 0.338 e. The zero-order valence-electron chi connectivity index (χ0n) is 11.2. The van der Waals surface area contributed by atoms with Crippen LogP contribution in [0.5, 0.6) is 0 Å². The van der Waals surface area contributed by atoms with Crippen LogP contribution in [0.1, 0.15) is 43.6 Å². The Hall–Kier alpha value is -1.84. The predicted molar refractivity (Wildman–Crippen MR) is 69.1 cm³/mol. The molecule has 98 valence electrons. The average Bonchev–Trinajstić information content (AvgIpc) is 2.24. The first-order valence-electron chi connectivity index (χ1n) is 5.84. The third kappa shape index (κ3) is 4.99. The van der Waals surface area contributed by atoms with Crippen molar-refractivity contribution in [3.05, 3.63) is 35.4 Å². The molecule has 0 saturated carbocycles. The van der Waals surface area contributed by atoms with E-state index < -0.39 is 5.60 Å². The maximum atomic E-state index is 11.7. The molecule has 0 bridgehead atoms. The van der Waals surface area contributed by atoms with Crippen molar-refractivity contribution in [1.82, 2.24) is 5.32 Å². The van der Waals surface area contributed by atoms with Gasteiger partial charge in [-0.3, -0.25) is 4.79 Å². The lowest BCUT2D eigenvalue weighted by Crippen LogP contribution is -2.24. The van der Waals surface area contributed by atoms with Crippen LogP contribution in [0.2, 0.25) is 0 Å². The molecule has 0 aliphatic rings. The molecule has 0 radical (unpaired) electrons. The fourth-order valence-electron chi connectivity index (χ4n) is 1.32. The van der Waals surface area contributed by atoms with Gasteiger partial charge >= 0.3 is 5.97 Å². The van der Waals surface area contributed by atoms with E-state index in [0.29, 0.717) is 12.1 Å². The van der Waals surface area contributed by atoms with Gasteiger partial charge in [-0.1, -0.05) is 12.1 Å². The Morgan fingerprint density at radius 3 is 2.17 bits per heavy atom. The molecule has 4 nitrogen and oxygen atoms in total. The van der Waals surface area contributed by atoms with Gasteiger partial charge in [0.2, 0.25) is 5.91 Å². The molecule has 1 aromatic rings. The lowest BCUT2D eigenvalue weighted by atomic mass is 10.1. The van der Waals surface area contributed by atoms with Crippen LogP contribution in [0, 0.1) is 0 Å². The summed E-state index contributed by atoms with van der Waals surface area (Å²) in [6.07, 6.45) is 0. The summed E-state index contributed by atoms with van der Waals surface area (Å²) < 4.78 is 5.25. The molecule has 0 saturated heterocycles. The lowest BCUT2D eigenvalue weighted by Gasteiger charge is -2.19. The Bertz CT molecular complexity index is 429. The number of rotatable bonds is 3. The Balaban J connectivity index is 2.65. The summed E-state index contributed by atoms with van der Waals surface area (Å²) in [5, 5.41) is 2.69. The maximum absolute atomic E-state index is 11.7. The van der Waals surface area contributed by atoms with Crippen molar-refractivity contribution in [3.63, 3.8) is 0 Å². The van der Waals surface area contributed by atoms with E-state index in [-0.39, 0.29) is 11.9 Å². The third-order valence-electron chi connectivity index (χ3n) is 2.13. The minimum Gasteiger partial charge on any atom is -0.456 e. The molecule has 18 heavy (non-hydrogen) atoms. The molecule has 1 amide bonds. The fourth-order valence-corrected chi connectivity index (χ4v) is 1.32. The minimum absolute atomic E-state index is 0.0776. The first-order chi connectivity index (χ1) is 8.28. The molecule has 0 aliphatic heterocycles. The van der Waals surface area contributed by atoms with Crippen molar-refractivity contribution in [3.8, 4) is 0 Å². The monoisotopic (exact) mass is 249 g/mol. The molecule has 0 fully saturated rings. The van der Waals surface area contributed by atoms with Crippen LogP contribution < -0.4 is 5.32 Å². The van der Waals surface area contributed by atoms with Gasteiger partial charge in [-0.2, -0.15) is 0 Å². The number of ether oxygens (including phenoxy) is 1. The van der Waals surface area contributed by atoms with Gasteiger partial charge < -0.3 is 10.1 Å². The maximum Gasteiger partial charge on any atom is 0.338 e. The van der Waals surface area contributed by atoms with Gasteiger partial charge in [0.25, 0.3) is 0 Å². The zero-order chi connectivity index (χ0) is 13.8. The Morgan fingerprint density at radius 2 is 1.72 bits per heavy atom. The zero-order valence-corrected chi connectivity index (χ0v) is 11.2. The molecule has 0 unspecified atom stereocenters. The van der Waals surface area contributed by atoms with Crippen molar-refractivity contribution >= 4 is 11.9 Å². The molecule has 0 atom stereocenters. The van der Waals surface area contributed by atoms with Crippen LogP contribution in [0.3, 0.4) is 0 Å². The second-order valence-corrected chi connectivity index (χ2v) is 5.11. The van der Waals surface area contributed by atoms with Gasteiger partial charge in [0.15, 0.2) is 0 Å². The lowest BCUT2D eigenvalue weighted by molar-refractivity contribution is -0.119. The fraction of sp³-hybridized carbons (Fsp3) is 0.429. The highest BCUT2D eigenvalue weighted by molar-refractivity contribution is 5.89. The first kappa shape index (κ1) is 14.2. The van der Waals surface area contributed by atoms with Crippen LogP contribution in [0.4, 0.5) is 0 Å². The summed E-state index contributed by atoms with van der Waals surface area (Å²) in [5.41, 5.74) is 0.959. The summed E-state index contributed by atoms with van der Waals surface area (Å²) in [5.74, 6) is -0.417. The summed E-state index contributed by atoms with van der Waals surface area (Å²) in [4.78, 5) is 22.5. The molecule has 0 aliphatic carbocycles. The molecule has 1 N–H and O–H groups in total. The highest BCUT2D eigenvalue weighted by atomic mass is 16.6. The van der Waals surface area contributed by atoms with Crippen LogP contribution >= 0.6 is 0 Å². The van der Waals surface area contributed by atoms with Crippen molar-refractivity contribution < 1.29 is 14.3 Å². The minimum atomic E-state index is -0.494. The summed E-state index contributed by atoms with van der Waals surface area (Å²) in [7, 11) is 0. The van der Waals surface area contributed by atoms with E-state index >= 15 is 0 Å². The van der Waals surface area contributed by atoms with Gasteiger partial charge in [0, 0.05) is 13.5 Å². The van der Waals surface area contributed by atoms with Gasteiger partial charge in [-0.25, -0.2) is 4.79 Å². The summed E-state index contributed by atoms with van der Waals surface area (Å²) >= 11 is 0. The number of carbonyl (C=O) groups excluding carboxylic acids is 2. The number of benzene rings is 1. The molecular weight excluding hydrogens is 230 g/mol. The highest BCUT2D eigenvalue weighted by Crippen LogP contribution is 2.12. The predicted octanol–water partition coefficient (Wildman–Crippen LogP) is 2.28. The number of amides is 1. The van der Waals surface area contributed by atoms with E-state index in [2.05, 4.69) is 5.32 Å². The molecule has 0 aromatic heterocycles. The molecule has 1 rings (SSSR count). The topological polar surface area (TPSA) is 55.4 Å². The number of hydrogen-bond donors (Lipinski definition) is 1. The number of nitrogens with one attached hydrogen (secondary N) is 1. The molecule has 0 heterocycles. The first-order valence-corrected chi connectivity index (χ1v) is 5.84. The Morgan fingerprint density at radius 1 is 1.17 bits per heavy atom. The van der Waals surface area contributed by atoms with Gasteiger partial charge in [0.05, 0.1) is 5.56 Å².